The Kier molecular flexibility index (Phi) is 10.1. The molecule has 3 aliphatic rings. The van der Waals surface area contributed by atoms with Gasteiger partial charge in [0.05, 0.1) is 11.5 Å². The lowest BCUT2D eigenvalue weighted by Gasteiger charge is -2.49. The molecule has 0 radical (unpaired) electrons. The lowest BCUT2D eigenvalue weighted by atomic mass is 9.77. The molecule has 0 unspecified atom stereocenters. The van der Waals surface area contributed by atoms with Crippen LogP contribution in [0.4, 0.5) is 9.93 Å². The van der Waals surface area contributed by atoms with Gasteiger partial charge in [-0.25, -0.2) is 14.6 Å². The molecule has 16 heteroatoms. The molecule has 14 nitrogen and oxygen atoms in total. The number of hydrogen-bond acceptors (Lipinski definition) is 12. The number of β-lactam (4-membered cyclic amide) rings is 1. The summed E-state index contributed by atoms with van der Waals surface area (Å²) in [4.78, 5) is 62.2. The van der Waals surface area contributed by atoms with Gasteiger partial charge >= 0.3 is 12.1 Å². The van der Waals surface area contributed by atoms with Crippen molar-refractivity contribution in [1.29, 1.82) is 5.26 Å². The first-order valence-corrected chi connectivity index (χ1v) is 18.7. The number of nitrogens with one attached hydrogen (secondary N) is 2. The fourth-order valence-electron chi connectivity index (χ4n) is 6.41. The predicted octanol–water partition coefficient (Wildman–Crippen LogP) is 4.41. The van der Waals surface area contributed by atoms with Crippen molar-refractivity contribution in [2.24, 2.45) is 16.3 Å². The number of amides is 3. The quantitative estimate of drug-likeness (QED) is 0.0612. The maximum absolute atomic E-state index is 14.0. The predicted molar refractivity (Wildman–Crippen MR) is 200 cm³/mol. The number of aliphatic carboxylic acids is 1. The van der Waals surface area contributed by atoms with Crippen LogP contribution < -0.4 is 16.4 Å². The molecule has 2 atom stereocenters. The summed E-state index contributed by atoms with van der Waals surface area (Å²) in [5, 5.41) is 31.4. The van der Waals surface area contributed by atoms with E-state index in [9.17, 15) is 29.5 Å². The summed E-state index contributed by atoms with van der Waals surface area (Å²) in [5.74, 6) is -2.72. The number of oxime groups is 1. The number of carboxylic acids is 1. The summed E-state index contributed by atoms with van der Waals surface area (Å²) in [6, 6.07) is 30.9. The number of aromatic nitrogens is 1. The van der Waals surface area contributed by atoms with Crippen molar-refractivity contribution in [2.75, 3.05) is 24.3 Å². The Bertz CT molecular complexity index is 2090. The van der Waals surface area contributed by atoms with Gasteiger partial charge in [0.15, 0.2) is 10.8 Å². The van der Waals surface area contributed by atoms with Crippen LogP contribution in [-0.4, -0.2) is 75.0 Å². The van der Waals surface area contributed by atoms with Crippen LogP contribution in [0, 0.1) is 16.7 Å². The second-order valence-electron chi connectivity index (χ2n) is 12.8. The minimum Gasteiger partial charge on any atom is -0.477 e. The lowest BCUT2D eigenvalue weighted by Crippen LogP contribution is -2.71. The molecule has 5 N–H and O–H groups in total. The number of thiazole rings is 1. The van der Waals surface area contributed by atoms with Crippen LogP contribution in [0.3, 0.4) is 0 Å². The first-order chi connectivity index (χ1) is 26.2. The third-order valence-electron chi connectivity index (χ3n) is 9.39. The molecule has 7 rings (SSSR count). The Morgan fingerprint density at radius 2 is 1.61 bits per heavy atom. The van der Waals surface area contributed by atoms with Crippen molar-refractivity contribution in [2.45, 2.75) is 29.8 Å². The summed E-state index contributed by atoms with van der Waals surface area (Å²) in [6.07, 6.45) is 0.203. The molecule has 4 aromatic rings. The number of nitrogens with two attached hydrogens (primary N) is 1. The van der Waals surface area contributed by atoms with E-state index in [1.54, 1.807) is 5.38 Å². The van der Waals surface area contributed by atoms with E-state index in [4.69, 9.17) is 20.3 Å². The molecule has 0 spiro atoms. The van der Waals surface area contributed by atoms with Gasteiger partial charge in [-0.15, -0.1) is 23.1 Å². The van der Waals surface area contributed by atoms with Crippen molar-refractivity contribution >= 4 is 57.8 Å². The largest absolute Gasteiger partial charge is 0.477 e. The van der Waals surface area contributed by atoms with Gasteiger partial charge in [0, 0.05) is 16.7 Å². The van der Waals surface area contributed by atoms with Gasteiger partial charge in [-0.2, -0.15) is 5.26 Å². The Morgan fingerprint density at radius 3 is 2.13 bits per heavy atom. The Labute approximate surface area is 317 Å². The van der Waals surface area contributed by atoms with Gasteiger partial charge in [0.2, 0.25) is 0 Å². The van der Waals surface area contributed by atoms with E-state index in [-0.39, 0.29) is 35.0 Å². The zero-order valence-corrected chi connectivity index (χ0v) is 30.1. The molecule has 3 amide bonds. The molecule has 3 heterocycles. The number of carbonyl (C=O) groups excluding carboxylic acids is 3. The van der Waals surface area contributed by atoms with E-state index in [1.165, 1.54) is 23.1 Å². The van der Waals surface area contributed by atoms with Crippen LogP contribution in [0.1, 0.15) is 35.2 Å². The van der Waals surface area contributed by atoms with Gasteiger partial charge in [0.25, 0.3) is 11.8 Å². The first-order valence-electron chi connectivity index (χ1n) is 16.8. The average Bonchev–Trinajstić information content (AvgIpc) is 3.84. The number of carbonyl (C=O) groups is 4. The summed E-state index contributed by atoms with van der Waals surface area (Å²) in [6.45, 7) is -0.428. The van der Waals surface area contributed by atoms with Crippen LogP contribution >= 0.6 is 23.1 Å². The molecule has 0 bridgehead atoms. The Balaban J connectivity index is 1.19. The normalized spacial score (nSPS) is 18.8. The smallest absolute Gasteiger partial charge is 0.404 e. The molecule has 1 saturated carbocycles. The van der Waals surface area contributed by atoms with Gasteiger partial charge in [-0.3, -0.25) is 14.5 Å². The number of nitriles is 1. The monoisotopic (exact) mass is 763 g/mol. The molecule has 3 aromatic carbocycles. The molecule has 1 aromatic heterocycles. The standard InChI is InChI=1S/C38H33N7O7S2/c39-21-37(16-17-37)22-52-44-28(31(46)42-29-32(47)45-30(34(48)49)23(18-51-35(40)50)19-53-33(29)45)27-20-54-36(41-27)43-38(24-10-4-1-5-11-24,25-12-6-2-7-13-25)26-14-8-3-9-15-26/h1-15,20,29,33H,16-19,22H2,(H2,40,50)(H,41,43)(H,42,46)(H,48,49)/b44-28-/t29-,33-/m1/s1. The van der Waals surface area contributed by atoms with Crippen LogP contribution in [0.2, 0.25) is 0 Å². The first kappa shape index (κ1) is 36.2. The molecular formula is C38H33N7O7S2. The van der Waals surface area contributed by atoms with Crippen molar-refractivity contribution < 1.29 is 33.9 Å². The van der Waals surface area contributed by atoms with Crippen LogP contribution in [-0.2, 0) is 29.5 Å². The van der Waals surface area contributed by atoms with Gasteiger partial charge in [-0.05, 0) is 29.5 Å². The third kappa shape index (κ3) is 6.98. The highest BCUT2D eigenvalue weighted by Gasteiger charge is 2.54. The Hall–Kier alpha value is -6.18. The molecule has 2 aliphatic heterocycles. The number of primary amides is 1. The topological polar surface area (TPSA) is 209 Å². The van der Waals surface area contributed by atoms with E-state index in [2.05, 4.69) is 21.9 Å². The number of benzene rings is 3. The van der Waals surface area contributed by atoms with Crippen LogP contribution in [0.5, 0.6) is 0 Å². The van der Waals surface area contributed by atoms with E-state index in [0.717, 1.165) is 21.6 Å². The highest BCUT2D eigenvalue weighted by atomic mass is 32.2. The fourth-order valence-corrected chi connectivity index (χ4v) is 8.49. The van der Waals surface area contributed by atoms with Crippen molar-refractivity contribution in [1.82, 2.24) is 15.2 Å². The Morgan fingerprint density at radius 1 is 1.02 bits per heavy atom. The van der Waals surface area contributed by atoms with Crippen LogP contribution in [0.15, 0.2) is 113 Å². The second kappa shape index (κ2) is 15.0. The number of thioether (sulfide) groups is 1. The molecule has 2 fully saturated rings. The number of fused-ring (bicyclic) bond motifs is 1. The number of carboxylic acid groups (broad SMARTS) is 1. The second-order valence-corrected chi connectivity index (χ2v) is 14.8. The molecule has 1 saturated heterocycles. The molecular weight excluding hydrogens is 731 g/mol. The number of hydrogen-bond donors (Lipinski definition) is 4. The van der Waals surface area contributed by atoms with Crippen molar-refractivity contribution in [3.05, 3.63) is 130 Å². The summed E-state index contributed by atoms with van der Waals surface area (Å²) in [7, 11) is 0. The fraction of sp³-hybridized carbons (Fsp3) is 0.237. The maximum Gasteiger partial charge on any atom is 0.404 e. The summed E-state index contributed by atoms with van der Waals surface area (Å²) in [5.41, 5.74) is 6.09. The maximum atomic E-state index is 14.0. The van der Waals surface area contributed by atoms with Gasteiger partial charge in [0.1, 0.15) is 41.6 Å². The van der Waals surface area contributed by atoms with Crippen LogP contribution in [0.25, 0.3) is 0 Å². The minimum absolute atomic E-state index is 0.0355. The zero-order valence-electron chi connectivity index (χ0n) is 28.5. The van der Waals surface area contributed by atoms with Gasteiger partial charge < -0.3 is 31.0 Å². The number of nitrogens with zero attached hydrogens (tertiary/aromatic N) is 4. The summed E-state index contributed by atoms with van der Waals surface area (Å²) >= 11 is 2.44. The van der Waals surface area contributed by atoms with Crippen molar-refractivity contribution in [3.63, 3.8) is 0 Å². The van der Waals surface area contributed by atoms with E-state index in [1.807, 2.05) is 91.0 Å². The highest BCUT2D eigenvalue weighted by Crippen LogP contribution is 2.45. The average molecular weight is 764 g/mol. The number of ether oxygens (including phenoxy) is 1. The highest BCUT2D eigenvalue weighted by molar-refractivity contribution is 8.00. The van der Waals surface area contributed by atoms with Crippen molar-refractivity contribution in [3.8, 4) is 6.07 Å². The van der Waals surface area contributed by atoms with Gasteiger partial charge in [-0.1, -0.05) is 96.2 Å². The molecule has 1 aliphatic carbocycles. The SMILES string of the molecule is N#CC1(CO/N=C(\C(=O)N[C@@H]2C(=O)N3C(C(=O)O)=C(COC(N)=O)CS[C@H]23)c2csc(NC(c3ccccc3)(c3ccccc3)c3ccccc3)n2)CC1. The summed E-state index contributed by atoms with van der Waals surface area (Å²) < 4.78 is 4.79. The number of anilines is 1. The van der Waals surface area contributed by atoms with E-state index in [0.29, 0.717) is 18.0 Å². The third-order valence-corrected chi connectivity index (χ3v) is 11.5. The zero-order chi connectivity index (χ0) is 37.9. The number of rotatable bonds is 14. The van der Waals surface area contributed by atoms with E-state index >= 15 is 0 Å². The molecule has 54 heavy (non-hydrogen) atoms. The lowest BCUT2D eigenvalue weighted by molar-refractivity contribution is -0.150. The minimum atomic E-state index is -1.39. The molecule has 274 valence electrons. The van der Waals surface area contributed by atoms with E-state index < -0.39 is 52.9 Å².